The number of amides is 4. The first kappa shape index (κ1) is 21.1. The monoisotopic (exact) mass is 445 g/mol. The number of carbonyl (C=O) groups is 3. The fraction of sp³-hybridized carbons (Fsp3) is 0.269. The van der Waals surface area contributed by atoms with Gasteiger partial charge in [-0.2, -0.15) is 0 Å². The fourth-order valence-corrected chi connectivity index (χ4v) is 4.96. The van der Waals surface area contributed by atoms with Crippen LogP contribution in [-0.4, -0.2) is 40.7 Å². The largest absolute Gasteiger partial charge is 0.334 e. The van der Waals surface area contributed by atoms with Crippen LogP contribution in [0, 0.1) is 5.82 Å². The molecule has 168 valence electrons. The number of benzene rings is 3. The summed E-state index contributed by atoms with van der Waals surface area (Å²) in [5.41, 5.74) is 0.755. The molecule has 2 atom stereocenters. The van der Waals surface area contributed by atoms with Crippen molar-refractivity contribution in [3.8, 4) is 0 Å². The lowest BCUT2D eigenvalue weighted by atomic mass is 9.90. The molecule has 5 rings (SSSR count). The highest BCUT2D eigenvalue weighted by atomic mass is 19.1. The van der Waals surface area contributed by atoms with Gasteiger partial charge in [-0.15, -0.1) is 0 Å². The number of fused-ring (bicyclic) bond motifs is 2. The highest BCUT2D eigenvalue weighted by Crippen LogP contribution is 2.33. The van der Waals surface area contributed by atoms with E-state index in [1.165, 1.54) is 11.0 Å². The van der Waals surface area contributed by atoms with Crippen LogP contribution in [0.5, 0.6) is 0 Å². The fourth-order valence-electron chi connectivity index (χ4n) is 4.96. The smallest absolute Gasteiger partial charge is 0.325 e. The van der Waals surface area contributed by atoms with Crippen molar-refractivity contribution >= 4 is 28.6 Å². The number of nitrogens with zero attached hydrogens (tertiary/aromatic N) is 2. The van der Waals surface area contributed by atoms with E-state index >= 15 is 0 Å². The van der Waals surface area contributed by atoms with E-state index in [1.807, 2.05) is 48.5 Å². The first-order chi connectivity index (χ1) is 15.8. The Kier molecular flexibility index (Phi) is 4.92. The van der Waals surface area contributed by atoms with Crippen molar-refractivity contribution in [2.45, 2.75) is 31.8 Å². The quantitative estimate of drug-likeness (QED) is 0.622. The molecule has 7 heteroatoms. The summed E-state index contributed by atoms with van der Waals surface area (Å²) in [6.45, 7) is 3.44. The maximum Gasteiger partial charge on any atom is 0.325 e. The van der Waals surface area contributed by atoms with E-state index < -0.39 is 23.5 Å². The van der Waals surface area contributed by atoms with Crippen molar-refractivity contribution in [1.82, 2.24) is 15.1 Å². The van der Waals surface area contributed by atoms with Crippen LogP contribution >= 0.6 is 0 Å². The van der Waals surface area contributed by atoms with Crippen LogP contribution in [0.4, 0.5) is 9.18 Å². The molecule has 0 aromatic heterocycles. The molecular weight excluding hydrogens is 421 g/mol. The minimum atomic E-state index is -1.27. The van der Waals surface area contributed by atoms with Gasteiger partial charge in [0.1, 0.15) is 17.9 Å². The standard InChI is InChI=1S/C26H24FN3O3/c1-16-23-18(8-5-9-21(23)27)12-13-29(16)22(31)15-30-24(32)26(2,28-25(30)33)20-11-10-17-6-3-4-7-19(17)14-20/h3-11,14,16H,12-13,15H2,1-2H3,(H,28,33). The Morgan fingerprint density at radius 3 is 2.64 bits per heavy atom. The van der Waals surface area contributed by atoms with Crippen LogP contribution in [0.2, 0.25) is 0 Å². The van der Waals surface area contributed by atoms with Crippen molar-refractivity contribution in [2.24, 2.45) is 0 Å². The Labute approximate surface area is 191 Å². The topological polar surface area (TPSA) is 69.7 Å². The molecule has 0 radical (unpaired) electrons. The Hall–Kier alpha value is -3.74. The number of hydrogen-bond donors (Lipinski definition) is 1. The lowest BCUT2D eigenvalue weighted by molar-refractivity contribution is -0.140. The Bertz CT molecular complexity index is 1310. The lowest BCUT2D eigenvalue weighted by Gasteiger charge is -2.36. The van der Waals surface area contributed by atoms with Gasteiger partial charge in [-0.3, -0.25) is 14.5 Å². The molecule has 33 heavy (non-hydrogen) atoms. The number of urea groups is 1. The van der Waals surface area contributed by atoms with Crippen LogP contribution in [-0.2, 0) is 21.5 Å². The predicted octanol–water partition coefficient (Wildman–Crippen LogP) is 3.89. The van der Waals surface area contributed by atoms with E-state index in [1.54, 1.807) is 19.9 Å². The second-order valence-corrected chi connectivity index (χ2v) is 8.83. The van der Waals surface area contributed by atoms with E-state index in [0.717, 1.165) is 21.2 Å². The summed E-state index contributed by atoms with van der Waals surface area (Å²) in [7, 11) is 0. The summed E-state index contributed by atoms with van der Waals surface area (Å²) in [6.07, 6.45) is 0.526. The Morgan fingerprint density at radius 2 is 1.85 bits per heavy atom. The van der Waals surface area contributed by atoms with Gasteiger partial charge in [-0.05, 0) is 54.3 Å². The molecule has 0 spiro atoms. The van der Waals surface area contributed by atoms with Crippen molar-refractivity contribution in [3.63, 3.8) is 0 Å². The minimum Gasteiger partial charge on any atom is -0.334 e. The van der Waals surface area contributed by atoms with Crippen molar-refractivity contribution in [2.75, 3.05) is 13.1 Å². The van der Waals surface area contributed by atoms with E-state index in [2.05, 4.69) is 5.32 Å². The zero-order chi connectivity index (χ0) is 23.3. The van der Waals surface area contributed by atoms with Gasteiger partial charge in [0.15, 0.2) is 0 Å². The molecule has 1 N–H and O–H groups in total. The molecule has 0 saturated carbocycles. The average molecular weight is 445 g/mol. The maximum absolute atomic E-state index is 14.4. The molecule has 3 aromatic rings. The molecule has 0 bridgehead atoms. The van der Waals surface area contributed by atoms with Gasteiger partial charge < -0.3 is 10.2 Å². The SMILES string of the molecule is CC1c2c(F)cccc2CCN1C(=O)CN1C(=O)NC(C)(c2ccc3ccccc3c2)C1=O. The average Bonchev–Trinajstić information content (AvgIpc) is 3.02. The second kappa shape index (κ2) is 7.69. The molecular formula is C26H24FN3O3. The molecule has 3 aromatic carbocycles. The molecule has 2 aliphatic heterocycles. The molecule has 2 aliphatic rings. The van der Waals surface area contributed by atoms with E-state index in [9.17, 15) is 18.8 Å². The van der Waals surface area contributed by atoms with Gasteiger partial charge in [0.2, 0.25) is 5.91 Å². The number of carbonyl (C=O) groups excluding carboxylic acids is 3. The summed E-state index contributed by atoms with van der Waals surface area (Å²) < 4.78 is 14.4. The first-order valence-corrected chi connectivity index (χ1v) is 11.0. The summed E-state index contributed by atoms with van der Waals surface area (Å²) in [4.78, 5) is 41.7. The number of hydrogen-bond acceptors (Lipinski definition) is 3. The Balaban J connectivity index is 1.38. The van der Waals surface area contributed by atoms with Gasteiger partial charge in [0, 0.05) is 12.1 Å². The third-order valence-electron chi connectivity index (χ3n) is 6.87. The molecule has 2 heterocycles. The van der Waals surface area contributed by atoms with E-state index in [-0.39, 0.29) is 18.3 Å². The number of halogens is 1. The van der Waals surface area contributed by atoms with Crippen LogP contribution in [0.15, 0.2) is 60.7 Å². The molecule has 4 amide bonds. The lowest BCUT2D eigenvalue weighted by Crippen LogP contribution is -2.47. The molecule has 1 fully saturated rings. The zero-order valence-electron chi connectivity index (χ0n) is 18.5. The minimum absolute atomic E-state index is 0.351. The van der Waals surface area contributed by atoms with Crippen molar-refractivity contribution in [3.05, 3.63) is 83.2 Å². The third-order valence-corrected chi connectivity index (χ3v) is 6.87. The summed E-state index contributed by atoms with van der Waals surface area (Å²) >= 11 is 0. The van der Waals surface area contributed by atoms with Crippen LogP contribution in [0.25, 0.3) is 10.8 Å². The maximum atomic E-state index is 14.4. The van der Waals surface area contributed by atoms with Crippen molar-refractivity contribution < 1.29 is 18.8 Å². The van der Waals surface area contributed by atoms with E-state index in [4.69, 9.17) is 0 Å². The normalized spacial score (nSPS) is 22.5. The third kappa shape index (κ3) is 3.35. The van der Waals surface area contributed by atoms with Gasteiger partial charge in [-0.1, -0.05) is 48.5 Å². The predicted molar refractivity (Wildman–Crippen MR) is 122 cm³/mol. The highest BCUT2D eigenvalue weighted by Gasteiger charge is 2.50. The van der Waals surface area contributed by atoms with Gasteiger partial charge in [0.05, 0.1) is 6.04 Å². The van der Waals surface area contributed by atoms with Crippen LogP contribution < -0.4 is 5.32 Å². The molecule has 0 aliphatic carbocycles. The zero-order valence-corrected chi connectivity index (χ0v) is 18.5. The Morgan fingerprint density at radius 1 is 1.09 bits per heavy atom. The van der Waals surface area contributed by atoms with E-state index in [0.29, 0.717) is 24.1 Å². The number of imide groups is 1. The van der Waals surface area contributed by atoms with Crippen LogP contribution in [0.3, 0.4) is 0 Å². The second-order valence-electron chi connectivity index (χ2n) is 8.83. The number of nitrogens with one attached hydrogen (secondary N) is 1. The van der Waals surface area contributed by atoms with Crippen LogP contribution in [0.1, 0.15) is 36.6 Å². The first-order valence-electron chi connectivity index (χ1n) is 11.0. The molecule has 1 saturated heterocycles. The highest BCUT2D eigenvalue weighted by molar-refractivity contribution is 6.09. The summed E-state index contributed by atoms with van der Waals surface area (Å²) in [6, 6.07) is 17.2. The van der Waals surface area contributed by atoms with Gasteiger partial charge in [0.25, 0.3) is 5.91 Å². The number of rotatable bonds is 3. The summed E-state index contributed by atoms with van der Waals surface area (Å²) in [5, 5.41) is 4.74. The molecule has 2 unspecified atom stereocenters. The molecule has 6 nitrogen and oxygen atoms in total. The summed E-state index contributed by atoms with van der Waals surface area (Å²) in [5.74, 6) is -1.22. The van der Waals surface area contributed by atoms with Crippen molar-refractivity contribution in [1.29, 1.82) is 0 Å². The van der Waals surface area contributed by atoms with Gasteiger partial charge in [-0.25, -0.2) is 9.18 Å². The van der Waals surface area contributed by atoms with Gasteiger partial charge >= 0.3 is 6.03 Å².